The maximum Gasteiger partial charge on any atom is 0.222 e. The minimum absolute atomic E-state index is 0.162. The Kier molecular flexibility index (Phi) is 4.15. The molecule has 1 aliphatic rings. The van der Waals surface area contributed by atoms with Crippen molar-refractivity contribution in [3.8, 4) is 11.4 Å². The fraction of sp³-hybridized carbons (Fsp3) is 0.350. The first-order chi connectivity index (χ1) is 14.1. The number of imidazole rings is 1. The minimum atomic E-state index is 0.162. The first kappa shape index (κ1) is 17.6. The molecule has 0 unspecified atom stereocenters. The summed E-state index contributed by atoms with van der Waals surface area (Å²) >= 11 is 0. The second-order valence-corrected chi connectivity index (χ2v) is 7.38. The fourth-order valence-corrected chi connectivity index (χ4v) is 3.96. The summed E-state index contributed by atoms with van der Waals surface area (Å²) in [6.07, 6.45) is 4.79. The molecule has 0 bridgehead atoms. The minimum Gasteiger partial charge on any atom is -0.364 e. The highest BCUT2D eigenvalue weighted by Crippen LogP contribution is 2.28. The smallest absolute Gasteiger partial charge is 0.222 e. The highest BCUT2D eigenvalue weighted by molar-refractivity contribution is 5.88. The third-order valence-electron chi connectivity index (χ3n) is 5.54. The Hall–Kier alpha value is -3.49. The van der Waals surface area contributed by atoms with Gasteiger partial charge in [0, 0.05) is 43.5 Å². The number of carbonyl (C=O) groups excluding carboxylic acids is 1. The van der Waals surface area contributed by atoms with Gasteiger partial charge in [-0.25, -0.2) is 15.0 Å². The summed E-state index contributed by atoms with van der Waals surface area (Å²) in [5.74, 6) is 1.71. The van der Waals surface area contributed by atoms with Crippen LogP contribution in [-0.4, -0.2) is 59.7 Å². The van der Waals surface area contributed by atoms with Crippen molar-refractivity contribution in [2.75, 3.05) is 18.4 Å². The van der Waals surface area contributed by atoms with Crippen molar-refractivity contribution in [2.45, 2.75) is 25.8 Å². The number of hydrogen-bond donors (Lipinski definition) is 2. The van der Waals surface area contributed by atoms with E-state index >= 15 is 0 Å². The normalized spacial score (nSPS) is 16.8. The highest BCUT2D eigenvalue weighted by Gasteiger charge is 2.26. The van der Waals surface area contributed by atoms with Crippen LogP contribution in [-0.2, 0) is 11.8 Å². The average Bonchev–Trinajstić information content (AvgIpc) is 3.46. The number of nitrogens with zero attached hydrogens (tertiary/aromatic N) is 6. The number of fused-ring (bicyclic) bond motifs is 2. The molecule has 1 amide bonds. The molecule has 1 atom stereocenters. The SMILES string of the molecule is CCC(=O)N1CC[C@H](Nc2ncnc3c2nc(-c2ccc4cn[nH]c4c2)n3C)C1. The lowest BCUT2D eigenvalue weighted by Gasteiger charge is -2.16. The van der Waals surface area contributed by atoms with Gasteiger partial charge < -0.3 is 14.8 Å². The number of likely N-dealkylation sites (tertiary alicyclic amines) is 1. The molecule has 148 valence electrons. The Bertz CT molecular complexity index is 1210. The maximum absolute atomic E-state index is 12.0. The molecule has 0 saturated carbocycles. The number of anilines is 1. The predicted octanol–water partition coefficient (Wildman–Crippen LogP) is 2.33. The Labute approximate surface area is 167 Å². The molecule has 1 aliphatic heterocycles. The van der Waals surface area contributed by atoms with Crippen LogP contribution >= 0.6 is 0 Å². The molecule has 0 spiro atoms. The summed E-state index contributed by atoms with van der Waals surface area (Å²) in [7, 11) is 1.95. The van der Waals surface area contributed by atoms with Crippen molar-refractivity contribution in [3.63, 3.8) is 0 Å². The van der Waals surface area contributed by atoms with Crippen LogP contribution in [0.3, 0.4) is 0 Å². The van der Waals surface area contributed by atoms with Gasteiger partial charge in [-0.1, -0.05) is 19.1 Å². The second-order valence-electron chi connectivity index (χ2n) is 7.38. The number of aromatic nitrogens is 6. The zero-order chi connectivity index (χ0) is 20.0. The van der Waals surface area contributed by atoms with Crippen molar-refractivity contribution in [1.82, 2.24) is 34.6 Å². The first-order valence-corrected chi connectivity index (χ1v) is 9.79. The second kappa shape index (κ2) is 6.84. The van der Waals surface area contributed by atoms with E-state index in [0.29, 0.717) is 18.8 Å². The van der Waals surface area contributed by atoms with Crippen LogP contribution in [0.5, 0.6) is 0 Å². The molecule has 2 N–H and O–H groups in total. The van der Waals surface area contributed by atoms with Gasteiger partial charge in [-0.05, 0) is 12.5 Å². The van der Waals surface area contributed by atoms with Crippen molar-refractivity contribution < 1.29 is 4.79 Å². The molecule has 4 aromatic rings. The summed E-state index contributed by atoms with van der Waals surface area (Å²) < 4.78 is 1.97. The van der Waals surface area contributed by atoms with Crippen LogP contribution < -0.4 is 5.32 Å². The largest absolute Gasteiger partial charge is 0.364 e. The molecule has 0 aliphatic carbocycles. The van der Waals surface area contributed by atoms with E-state index in [1.54, 1.807) is 12.5 Å². The average molecular weight is 390 g/mol. The van der Waals surface area contributed by atoms with E-state index in [-0.39, 0.29) is 11.9 Å². The van der Waals surface area contributed by atoms with Crippen molar-refractivity contribution in [3.05, 3.63) is 30.7 Å². The number of amides is 1. The monoisotopic (exact) mass is 390 g/mol. The standard InChI is InChI=1S/C20H22N8O/c1-3-16(29)28-7-6-14(10-28)24-18-17-20(22-11-21-18)27(2)19(25-17)12-4-5-13-9-23-26-15(13)8-12/h4-5,8-9,11,14H,3,6-7,10H2,1-2H3,(H,23,26)(H,21,22,24)/t14-/m0/s1. The van der Waals surface area contributed by atoms with Crippen molar-refractivity contribution in [1.29, 1.82) is 0 Å². The third-order valence-corrected chi connectivity index (χ3v) is 5.54. The van der Waals surface area contributed by atoms with Crippen LogP contribution in [0.15, 0.2) is 30.7 Å². The molecule has 9 nitrogen and oxygen atoms in total. The molecular formula is C20H22N8O. The van der Waals surface area contributed by atoms with Gasteiger partial charge in [0.05, 0.1) is 11.7 Å². The number of benzene rings is 1. The van der Waals surface area contributed by atoms with E-state index in [2.05, 4.69) is 25.5 Å². The molecule has 1 saturated heterocycles. The topological polar surface area (TPSA) is 105 Å². The van der Waals surface area contributed by atoms with Crippen LogP contribution in [0.2, 0.25) is 0 Å². The molecule has 4 heterocycles. The van der Waals surface area contributed by atoms with Crippen LogP contribution in [0.1, 0.15) is 19.8 Å². The van der Waals surface area contributed by atoms with E-state index in [1.807, 2.05) is 41.6 Å². The van der Waals surface area contributed by atoms with Gasteiger partial charge in [-0.2, -0.15) is 5.10 Å². The zero-order valence-electron chi connectivity index (χ0n) is 16.4. The molecule has 0 radical (unpaired) electrons. The number of aromatic amines is 1. The molecule has 1 fully saturated rings. The van der Waals surface area contributed by atoms with Gasteiger partial charge in [-0.3, -0.25) is 9.89 Å². The van der Waals surface area contributed by atoms with E-state index in [0.717, 1.165) is 46.4 Å². The summed E-state index contributed by atoms with van der Waals surface area (Å²) in [6.45, 7) is 3.36. The van der Waals surface area contributed by atoms with Gasteiger partial charge >= 0.3 is 0 Å². The maximum atomic E-state index is 12.0. The molecule has 1 aromatic carbocycles. The Morgan fingerprint density at radius 1 is 1.34 bits per heavy atom. The number of aryl methyl sites for hydroxylation is 1. The highest BCUT2D eigenvalue weighted by atomic mass is 16.2. The summed E-state index contributed by atoms with van der Waals surface area (Å²) in [5.41, 5.74) is 3.44. The molecular weight excluding hydrogens is 368 g/mol. The quantitative estimate of drug-likeness (QED) is 0.554. The van der Waals surface area contributed by atoms with E-state index in [9.17, 15) is 4.79 Å². The lowest BCUT2D eigenvalue weighted by molar-refractivity contribution is -0.129. The van der Waals surface area contributed by atoms with E-state index in [4.69, 9.17) is 4.98 Å². The number of carbonyl (C=O) groups is 1. The molecule has 3 aromatic heterocycles. The lowest BCUT2D eigenvalue weighted by atomic mass is 10.1. The van der Waals surface area contributed by atoms with Crippen LogP contribution in [0.4, 0.5) is 5.82 Å². The first-order valence-electron chi connectivity index (χ1n) is 9.79. The van der Waals surface area contributed by atoms with Gasteiger partial charge in [-0.15, -0.1) is 0 Å². The number of hydrogen-bond acceptors (Lipinski definition) is 6. The summed E-state index contributed by atoms with van der Waals surface area (Å²) in [6, 6.07) is 6.26. The van der Waals surface area contributed by atoms with Gasteiger partial charge in [0.2, 0.25) is 5.91 Å². The van der Waals surface area contributed by atoms with E-state index in [1.165, 1.54) is 0 Å². The predicted molar refractivity (Wildman–Crippen MR) is 110 cm³/mol. The summed E-state index contributed by atoms with van der Waals surface area (Å²) in [5, 5.41) is 11.6. The van der Waals surface area contributed by atoms with Crippen molar-refractivity contribution >= 4 is 33.8 Å². The summed E-state index contributed by atoms with van der Waals surface area (Å²) in [4.78, 5) is 27.6. The van der Waals surface area contributed by atoms with Gasteiger partial charge in [0.25, 0.3) is 0 Å². The molecule has 9 heteroatoms. The Morgan fingerprint density at radius 2 is 2.24 bits per heavy atom. The van der Waals surface area contributed by atoms with E-state index < -0.39 is 0 Å². The van der Waals surface area contributed by atoms with Gasteiger partial charge in [0.1, 0.15) is 12.2 Å². The van der Waals surface area contributed by atoms with Gasteiger partial charge in [0.15, 0.2) is 17.0 Å². The number of H-pyrrole nitrogens is 1. The Morgan fingerprint density at radius 3 is 3.10 bits per heavy atom. The fourth-order valence-electron chi connectivity index (χ4n) is 3.96. The zero-order valence-corrected chi connectivity index (χ0v) is 16.4. The third kappa shape index (κ3) is 2.98. The van der Waals surface area contributed by atoms with Crippen LogP contribution in [0.25, 0.3) is 33.5 Å². The molecule has 5 rings (SSSR count). The van der Waals surface area contributed by atoms with Crippen molar-refractivity contribution in [2.24, 2.45) is 7.05 Å². The lowest BCUT2D eigenvalue weighted by Crippen LogP contribution is -2.31. The Balaban J connectivity index is 1.48. The number of nitrogens with one attached hydrogen (secondary N) is 2. The number of rotatable bonds is 4. The molecule has 29 heavy (non-hydrogen) atoms. The van der Waals surface area contributed by atoms with Crippen LogP contribution in [0, 0.1) is 0 Å².